The molecule has 7 nitrogen and oxygen atoms in total. The summed E-state index contributed by atoms with van der Waals surface area (Å²) in [4.78, 5) is 15.6. The number of rotatable bonds is 2. The van der Waals surface area contributed by atoms with E-state index >= 15 is 4.39 Å². The van der Waals surface area contributed by atoms with Gasteiger partial charge in [0.05, 0.1) is 17.1 Å². The second kappa shape index (κ2) is 6.28. The van der Waals surface area contributed by atoms with E-state index in [2.05, 4.69) is 10.1 Å². The normalized spacial score (nSPS) is 21.1. The van der Waals surface area contributed by atoms with E-state index in [1.807, 2.05) is 23.4 Å². The van der Waals surface area contributed by atoms with Gasteiger partial charge in [-0.15, -0.1) is 0 Å². The average molecular weight is 360 g/mol. The highest BCUT2D eigenvalue weighted by Crippen LogP contribution is 2.41. The molecule has 2 aliphatic rings. The molecule has 0 amide bonds. The summed E-state index contributed by atoms with van der Waals surface area (Å²) in [5.41, 5.74) is 1.30. The molecule has 0 unspecified atom stereocenters. The summed E-state index contributed by atoms with van der Waals surface area (Å²) in [6.07, 6.45) is 2.26. The number of nitrogens with zero attached hydrogens (tertiary/aromatic N) is 4. The fraction of sp³-hybridized carbons (Fsp3) is 0.444. The van der Waals surface area contributed by atoms with Crippen LogP contribution >= 0.6 is 0 Å². The fourth-order valence-electron chi connectivity index (χ4n) is 3.77. The fourth-order valence-corrected chi connectivity index (χ4v) is 3.77. The minimum atomic E-state index is -0.439. The van der Waals surface area contributed by atoms with Gasteiger partial charge in [-0.05, 0) is 20.0 Å². The smallest absolute Gasteiger partial charge is 0.170 e. The first-order chi connectivity index (χ1) is 12.5. The number of hydrogen-bond donors (Lipinski definition) is 1. The summed E-state index contributed by atoms with van der Waals surface area (Å²) in [7, 11) is 2.04. The Kier molecular flexibility index (Phi) is 4.07. The maximum atomic E-state index is 15.1. The summed E-state index contributed by atoms with van der Waals surface area (Å²) < 4.78 is 23.0. The van der Waals surface area contributed by atoms with Gasteiger partial charge in [0.15, 0.2) is 17.9 Å². The molecule has 0 radical (unpaired) electrons. The van der Waals surface area contributed by atoms with Gasteiger partial charge in [-0.1, -0.05) is 5.16 Å². The van der Waals surface area contributed by atoms with Gasteiger partial charge >= 0.3 is 0 Å². The van der Waals surface area contributed by atoms with Crippen LogP contribution in [0.4, 0.5) is 10.1 Å². The second-order valence-electron chi connectivity index (χ2n) is 6.94. The lowest BCUT2D eigenvalue weighted by molar-refractivity contribution is 0.112. The maximum absolute atomic E-state index is 15.1. The van der Waals surface area contributed by atoms with Gasteiger partial charge < -0.3 is 24.3 Å². The highest BCUT2D eigenvalue weighted by atomic mass is 19.1. The number of benzene rings is 1. The molecule has 1 N–H and O–H groups in total. The number of aromatic nitrogens is 1. The van der Waals surface area contributed by atoms with E-state index in [0.29, 0.717) is 48.3 Å². The Morgan fingerprint density at radius 2 is 2.08 bits per heavy atom. The van der Waals surface area contributed by atoms with E-state index in [9.17, 15) is 10.0 Å². The summed E-state index contributed by atoms with van der Waals surface area (Å²) in [6, 6.07) is 1.31. The van der Waals surface area contributed by atoms with E-state index in [1.54, 1.807) is 6.20 Å². The van der Waals surface area contributed by atoms with Crippen LogP contribution in [0.3, 0.4) is 0 Å². The monoisotopic (exact) mass is 360 g/mol. The van der Waals surface area contributed by atoms with Crippen LogP contribution in [-0.2, 0) is 0 Å². The van der Waals surface area contributed by atoms with E-state index in [4.69, 9.17) is 4.74 Å². The number of carbonyl (C=O) groups is 1. The summed E-state index contributed by atoms with van der Waals surface area (Å²) in [6.45, 7) is 5.43. The third-order valence-electron chi connectivity index (χ3n) is 5.24. The van der Waals surface area contributed by atoms with Gasteiger partial charge in [-0.3, -0.25) is 4.79 Å². The largest absolute Gasteiger partial charge is 0.487 e. The zero-order valence-electron chi connectivity index (χ0n) is 14.8. The number of likely N-dealkylation sites (N-methyl/N-ethyl adjacent to an activating group) is 1. The number of piperazine rings is 1. The first kappa shape index (κ1) is 16.8. The van der Waals surface area contributed by atoms with Crippen LogP contribution in [0.25, 0.3) is 10.9 Å². The zero-order chi connectivity index (χ0) is 18.4. The minimum absolute atomic E-state index is 0.0257. The number of aldehydes is 1. The van der Waals surface area contributed by atoms with Crippen molar-refractivity contribution < 1.29 is 19.1 Å². The van der Waals surface area contributed by atoms with E-state index in [1.165, 1.54) is 6.07 Å². The SMILES string of the molecule is C[C@H]1COc2c(N3CCN(C)CC3)c(F)cc3c(=NO)c(C=O)cn1c23. The van der Waals surface area contributed by atoms with Crippen molar-refractivity contribution in [2.75, 3.05) is 44.7 Å². The molecule has 1 atom stereocenters. The molecule has 1 fully saturated rings. The molecule has 4 rings (SSSR count). The van der Waals surface area contributed by atoms with Gasteiger partial charge in [0.2, 0.25) is 0 Å². The van der Waals surface area contributed by atoms with Crippen molar-refractivity contribution in [3.8, 4) is 5.75 Å². The quantitative estimate of drug-likeness (QED) is 0.500. The Hall–Kier alpha value is -2.61. The molecule has 2 aromatic rings. The van der Waals surface area contributed by atoms with Crippen molar-refractivity contribution in [1.29, 1.82) is 0 Å². The predicted octanol–water partition coefficient (Wildman–Crippen LogP) is 1.59. The van der Waals surface area contributed by atoms with Gasteiger partial charge in [0.25, 0.3) is 0 Å². The lowest BCUT2D eigenvalue weighted by Crippen LogP contribution is -2.45. The van der Waals surface area contributed by atoms with Crippen LogP contribution in [0.5, 0.6) is 5.75 Å². The zero-order valence-corrected chi connectivity index (χ0v) is 14.8. The summed E-state index contributed by atoms with van der Waals surface area (Å²) in [5.74, 6) is 0.0103. The van der Waals surface area contributed by atoms with Crippen LogP contribution in [0, 0.1) is 5.82 Å². The molecule has 8 heteroatoms. The lowest BCUT2D eigenvalue weighted by Gasteiger charge is -2.37. The van der Waals surface area contributed by atoms with Crippen molar-refractivity contribution in [2.45, 2.75) is 13.0 Å². The summed E-state index contributed by atoms with van der Waals surface area (Å²) in [5, 5.41) is 13.1. The lowest BCUT2D eigenvalue weighted by atomic mass is 10.1. The van der Waals surface area contributed by atoms with Gasteiger partial charge in [0, 0.05) is 37.8 Å². The molecule has 0 spiro atoms. The Morgan fingerprint density at radius 1 is 1.35 bits per heavy atom. The first-order valence-corrected chi connectivity index (χ1v) is 8.66. The number of hydrogen-bond acceptors (Lipinski definition) is 6. The molecular weight excluding hydrogens is 339 g/mol. The highest BCUT2D eigenvalue weighted by molar-refractivity contribution is 5.94. The second-order valence-corrected chi connectivity index (χ2v) is 6.94. The van der Waals surface area contributed by atoms with Crippen molar-refractivity contribution in [1.82, 2.24) is 9.47 Å². The standard InChI is InChI=1S/C18H21FN4O3/c1-11-10-26-18-16-13(15(20-25)12(9-24)8-23(11)16)7-14(19)17(18)22-5-3-21(2)4-6-22/h7-9,11,25H,3-6,10H2,1-2H3/t11-/m0/s1. The van der Waals surface area contributed by atoms with E-state index < -0.39 is 5.82 Å². The Morgan fingerprint density at radius 3 is 2.73 bits per heavy atom. The van der Waals surface area contributed by atoms with Crippen LogP contribution in [0.15, 0.2) is 17.4 Å². The van der Waals surface area contributed by atoms with Crippen LogP contribution < -0.4 is 15.0 Å². The highest BCUT2D eigenvalue weighted by Gasteiger charge is 2.29. The molecular formula is C18H21FN4O3. The molecule has 0 aliphatic carbocycles. The Balaban J connectivity index is 2.03. The maximum Gasteiger partial charge on any atom is 0.170 e. The Labute approximate surface area is 149 Å². The number of carbonyl (C=O) groups excluding carboxylic acids is 1. The third-order valence-corrected chi connectivity index (χ3v) is 5.24. The minimum Gasteiger partial charge on any atom is -0.487 e. The molecule has 26 heavy (non-hydrogen) atoms. The number of halogens is 1. The van der Waals surface area contributed by atoms with Crippen LogP contribution in [-0.4, -0.2) is 60.8 Å². The molecule has 1 aromatic heterocycles. The molecule has 1 saturated heterocycles. The predicted molar refractivity (Wildman–Crippen MR) is 94.5 cm³/mol. The number of anilines is 1. The van der Waals surface area contributed by atoms with Crippen molar-refractivity contribution in [2.24, 2.45) is 5.16 Å². The van der Waals surface area contributed by atoms with Gasteiger partial charge in [-0.2, -0.15) is 0 Å². The molecule has 0 bridgehead atoms. The van der Waals surface area contributed by atoms with Gasteiger partial charge in [0.1, 0.15) is 17.7 Å². The van der Waals surface area contributed by atoms with Gasteiger partial charge in [-0.25, -0.2) is 4.39 Å². The van der Waals surface area contributed by atoms with E-state index in [0.717, 1.165) is 13.1 Å². The van der Waals surface area contributed by atoms with Crippen LogP contribution in [0.1, 0.15) is 23.3 Å². The van der Waals surface area contributed by atoms with Crippen LogP contribution in [0.2, 0.25) is 0 Å². The topological polar surface area (TPSA) is 70.3 Å². The van der Waals surface area contributed by atoms with E-state index in [-0.39, 0.29) is 17.0 Å². The summed E-state index contributed by atoms with van der Waals surface area (Å²) >= 11 is 0. The van der Waals surface area contributed by atoms with Crippen molar-refractivity contribution in [3.05, 3.63) is 29.0 Å². The van der Waals surface area contributed by atoms with Crippen molar-refractivity contribution >= 4 is 22.9 Å². The average Bonchev–Trinajstić information content (AvgIpc) is 2.64. The number of ether oxygens (including phenoxy) is 1. The molecule has 0 saturated carbocycles. The molecule has 3 heterocycles. The Bertz CT molecular complexity index is 948. The molecule has 1 aromatic carbocycles. The third kappa shape index (κ3) is 2.44. The first-order valence-electron chi connectivity index (χ1n) is 8.66. The van der Waals surface area contributed by atoms with Crippen molar-refractivity contribution in [3.63, 3.8) is 0 Å². The molecule has 138 valence electrons. The number of pyridine rings is 1. The molecule has 2 aliphatic heterocycles.